The number of carbonyl (C=O) groups is 1. The van der Waals surface area contributed by atoms with E-state index in [1.165, 1.54) is 51.4 Å². The highest BCUT2D eigenvalue weighted by atomic mass is 32.1. The van der Waals surface area contributed by atoms with Gasteiger partial charge in [0.05, 0.1) is 0 Å². The summed E-state index contributed by atoms with van der Waals surface area (Å²) in [5.41, 5.74) is 0.475. The Hall–Kier alpha value is -0.640. The second kappa shape index (κ2) is 6.21. The van der Waals surface area contributed by atoms with Gasteiger partial charge in [-0.3, -0.25) is 4.79 Å². The minimum Gasteiger partial charge on any atom is -0.357 e. The van der Waals surface area contributed by atoms with E-state index in [0.717, 1.165) is 23.7 Å². The maximum Gasteiger partial charge on any atom is 0.226 e. The zero-order valence-electron chi connectivity index (χ0n) is 16.1. The number of carbonyl (C=O) groups excluding carboxylic acids is 1. The van der Waals surface area contributed by atoms with Crippen LogP contribution in [-0.2, 0) is 4.79 Å². The lowest BCUT2D eigenvalue weighted by Crippen LogP contribution is -2.62. The lowest BCUT2D eigenvalue weighted by Gasteiger charge is -2.57. The molecule has 5 rings (SSSR count). The van der Waals surface area contributed by atoms with Crippen LogP contribution in [0.5, 0.6) is 0 Å². The molecule has 25 heavy (non-hydrogen) atoms. The summed E-state index contributed by atoms with van der Waals surface area (Å²) in [4.78, 5) is 12.5. The minimum absolute atomic E-state index is 0.106. The lowest BCUT2D eigenvalue weighted by molar-refractivity contribution is -0.125. The molecule has 0 aromatic carbocycles. The van der Waals surface area contributed by atoms with Crippen LogP contribution in [0.2, 0.25) is 0 Å². The van der Waals surface area contributed by atoms with Gasteiger partial charge in [-0.25, -0.2) is 0 Å². The Balaban J connectivity index is 1.29. The molecule has 0 aliphatic heterocycles. The maximum absolute atomic E-state index is 12.5. The molecule has 3 nitrogen and oxygen atoms in total. The number of hydrogen-bond acceptors (Lipinski definition) is 2. The summed E-state index contributed by atoms with van der Waals surface area (Å²) in [5, 5.41) is 7.19. The molecule has 0 radical (unpaired) electrons. The molecule has 4 heteroatoms. The van der Waals surface area contributed by atoms with Crippen LogP contribution in [0.15, 0.2) is 0 Å². The first-order valence-corrected chi connectivity index (χ1v) is 10.8. The highest BCUT2D eigenvalue weighted by molar-refractivity contribution is 7.80. The average Bonchev–Trinajstić information content (AvgIpc) is 2.48. The lowest BCUT2D eigenvalue weighted by atomic mass is 9.53. The van der Waals surface area contributed by atoms with Crippen LogP contribution in [-0.4, -0.2) is 16.6 Å². The first kappa shape index (κ1) is 17.8. The second-order valence-electron chi connectivity index (χ2n) is 10.3. The van der Waals surface area contributed by atoms with Gasteiger partial charge in [0.25, 0.3) is 0 Å². The third-order valence-corrected chi connectivity index (χ3v) is 8.47. The molecule has 5 aliphatic carbocycles. The van der Waals surface area contributed by atoms with Gasteiger partial charge in [-0.15, -0.1) is 0 Å². The van der Waals surface area contributed by atoms with Crippen molar-refractivity contribution in [2.45, 2.75) is 84.1 Å². The molecule has 0 aromatic heterocycles. The summed E-state index contributed by atoms with van der Waals surface area (Å²) in [6.07, 6.45) is 11.1. The van der Waals surface area contributed by atoms with Crippen molar-refractivity contribution in [3.05, 3.63) is 0 Å². The van der Waals surface area contributed by atoms with Gasteiger partial charge >= 0.3 is 0 Å². The van der Waals surface area contributed by atoms with Crippen LogP contribution in [0.4, 0.5) is 0 Å². The molecule has 140 valence electrons. The Morgan fingerprint density at radius 2 is 1.56 bits per heavy atom. The van der Waals surface area contributed by atoms with Crippen molar-refractivity contribution in [3.63, 3.8) is 0 Å². The van der Waals surface area contributed by atoms with Crippen molar-refractivity contribution in [2.75, 3.05) is 0 Å². The Morgan fingerprint density at radius 1 is 1.00 bits per heavy atom. The van der Waals surface area contributed by atoms with Gasteiger partial charge in [0.1, 0.15) is 0 Å². The first-order chi connectivity index (χ1) is 11.8. The highest BCUT2D eigenvalue weighted by Gasteiger charge is 2.51. The van der Waals surface area contributed by atoms with E-state index in [-0.39, 0.29) is 11.4 Å². The smallest absolute Gasteiger partial charge is 0.226 e. The standard InChI is InChI=1S/C21H34N2OS/c1-4-16-8-17(20(16,2)3)9-18(24)22-19(25)23-21-10-13-5-14(11-21)7-15(6-13)12-21/h13-17H,4-12H2,1-3H3,(H2,22,23,24,25). The molecule has 0 saturated heterocycles. The SMILES string of the molecule is CCC1CC(CC(=O)NC(=S)NC23CC4CC(CC(C4)C2)C3)C1(C)C. The van der Waals surface area contributed by atoms with E-state index in [2.05, 4.69) is 31.4 Å². The minimum atomic E-state index is 0.106. The molecule has 5 saturated carbocycles. The Kier molecular flexibility index (Phi) is 4.41. The van der Waals surface area contributed by atoms with Crippen LogP contribution < -0.4 is 10.6 Å². The van der Waals surface area contributed by atoms with Crippen molar-refractivity contribution in [1.82, 2.24) is 10.6 Å². The topological polar surface area (TPSA) is 41.1 Å². The van der Waals surface area contributed by atoms with E-state index in [4.69, 9.17) is 12.2 Å². The molecule has 4 bridgehead atoms. The fourth-order valence-electron chi connectivity index (χ4n) is 7.10. The van der Waals surface area contributed by atoms with Crippen LogP contribution in [0.3, 0.4) is 0 Å². The summed E-state index contributed by atoms with van der Waals surface area (Å²) >= 11 is 5.53. The Bertz CT molecular complexity index is 535. The van der Waals surface area contributed by atoms with Crippen LogP contribution in [0.1, 0.15) is 78.6 Å². The van der Waals surface area contributed by atoms with Crippen LogP contribution in [0, 0.1) is 35.0 Å². The molecule has 2 unspecified atom stereocenters. The van der Waals surface area contributed by atoms with Crippen molar-refractivity contribution in [3.8, 4) is 0 Å². The quantitative estimate of drug-likeness (QED) is 0.728. The zero-order valence-corrected chi connectivity index (χ0v) is 16.9. The Morgan fingerprint density at radius 3 is 2.04 bits per heavy atom. The van der Waals surface area contributed by atoms with E-state index < -0.39 is 0 Å². The van der Waals surface area contributed by atoms with E-state index in [1.807, 2.05) is 0 Å². The highest BCUT2D eigenvalue weighted by Crippen LogP contribution is 2.56. The van der Waals surface area contributed by atoms with Crippen molar-refractivity contribution in [2.24, 2.45) is 35.0 Å². The molecule has 5 fully saturated rings. The van der Waals surface area contributed by atoms with Crippen molar-refractivity contribution in [1.29, 1.82) is 0 Å². The monoisotopic (exact) mass is 362 g/mol. The molecule has 1 amide bonds. The van der Waals surface area contributed by atoms with Gasteiger partial charge < -0.3 is 10.6 Å². The first-order valence-electron chi connectivity index (χ1n) is 10.4. The van der Waals surface area contributed by atoms with E-state index in [0.29, 0.717) is 22.9 Å². The van der Waals surface area contributed by atoms with E-state index in [1.54, 1.807) is 0 Å². The maximum atomic E-state index is 12.5. The van der Waals surface area contributed by atoms with Crippen molar-refractivity contribution < 1.29 is 4.79 Å². The number of thiocarbonyl (C=S) groups is 1. The molecule has 0 spiro atoms. The van der Waals surface area contributed by atoms with Crippen LogP contribution >= 0.6 is 12.2 Å². The predicted molar refractivity (Wildman–Crippen MR) is 105 cm³/mol. The van der Waals surface area contributed by atoms with Gasteiger partial charge in [0, 0.05) is 12.0 Å². The molecular weight excluding hydrogens is 328 g/mol. The van der Waals surface area contributed by atoms with Gasteiger partial charge in [-0.1, -0.05) is 27.2 Å². The van der Waals surface area contributed by atoms with Gasteiger partial charge in [-0.05, 0) is 92.2 Å². The molecule has 2 N–H and O–H groups in total. The van der Waals surface area contributed by atoms with Gasteiger partial charge in [-0.2, -0.15) is 0 Å². The van der Waals surface area contributed by atoms with E-state index >= 15 is 0 Å². The second-order valence-corrected chi connectivity index (χ2v) is 10.7. The number of amides is 1. The van der Waals surface area contributed by atoms with E-state index in [9.17, 15) is 4.79 Å². The summed E-state index contributed by atoms with van der Waals surface area (Å²) in [5.74, 6) is 4.04. The third-order valence-electron chi connectivity index (χ3n) is 8.27. The average molecular weight is 363 g/mol. The fraction of sp³-hybridized carbons (Fsp3) is 0.905. The number of rotatable bonds is 4. The summed E-state index contributed by atoms with van der Waals surface area (Å²) in [6, 6.07) is 0. The normalized spacial score (nSPS) is 43.4. The predicted octanol–water partition coefficient (Wildman–Crippen LogP) is 4.41. The van der Waals surface area contributed by atoms with Crippen LogP contribution in [0.25, 0.3) is 0 Å². The summed E-state index contributed by atoms with van der Waals surface area (Å²) in [6.45, 7) is 6.89. The molecule has 0 heterocycles. The fourth-order valence-corrected chi connectivity index (χ4v) is 7.43. The summed E-state index contributed by atoms with van der Waals surface area (Å²) in [7, 11) is 0. The third kappa shape index (κ3) is 3.24. The van der Waals surface area contributed by atoms with Gasteiger partial charge in [0.2, 0.25) is 5.91 Å². The molecule has 0 aromatic rings. The molecule has 2 atom stereocenters. The number of nitrogens with one attached hydrogen (secondary N) is 2. The number of hydrogen-bond donors (Lipinski definition) is 2. The van der Waals surface area contributed by atoms with Crippen molar-refractivity contribution >= 4 is 23.2 Å². The summed E-state index contributed by atoms with van der Waals surface area (Å²) < 4.78 is 0. The van der Waals surface area contributed by atoms with Gasteiger partial charge in [0.15, 0.2) is 5.11 Å². The zero-order chi connectivity index (χ0) is 17.8. The molecule has 5 aliphatic rings. The molecular formula is C21H34N2OS. The Labute approximate surface area is 158 Å². The largest absolute Gasteiger partial charge is 0.357 e.